The fraction of sp³-hybridized carbons (Fsp3) is 0.158. The van der Waals surface area contributed by atoms with Crippen LogP contribution in [-0.4, -0.2) is 21.7 Å². The summed E-state index contributed by atoms with van der Waals surface area (Å²) >= 11 is 0. The Labute approximate surface area is 149 Å². The number of aromatic nitrogens is 2. The molecule has 1 aromatic heterocycles. The van der Waals surface area contributed by atoms with Crippen molar-refractivity contribution in [3.63, 3.8) is 0 Å². The number of rotatable bonds is 4. The summed E-state index contributed by atoms with van der Waals surface area (Å²) in [7, 11) is 0. The van der Waals surface area contributed by atoms with Gasteiger partial charge in [-0.3, -0.25) is 9.59 Å². The van der Waals surface area contributed by atoms with Crippen molar-refractivity contribution in [1.29, 1.82) is 0 Å². The van der Waals surface area contributed by atoms with Gasteiger partial charge >= 0.3 is 5.97 Å². The van der Waals surface area contributed by atoms with Crippen LogP contribution in [0.5, 0.6) is 5.75 Å². The third-order valence-electron chi connectivity index (χ3n) is 3.74. The van der Waals surface area contributed by atoms with E-state index in [9.17, 15) is 14.4 Å². The molecule has 0 bridgehead atoms. The summed E-state index contributed by atoms with van der Waals surface area (Å²) in [6.07, 6.45) is 0. The molecule has 0 saturated carbocycles. The molecule has 3 aromatic rings. The summed E-state index contributed by atoms with van der Waals surface area (Å²) in [5, 5.41) is 8.07. The summed E-state index contributed by atoms with van der Waals surface area (Å²) in [6.45, 7) is 2.90. The van der Waals surface area contributed by atoms with Crippen molar-refractivity contribution in [3.05, 3.63) is 64.6 Å². The number of hydrogen-bond acceptors (Lipinski definition) is 5. The third kappa shape index (κ3) is 3.77. The Hall–Kier alpha value is -3.48. The molecule has 0 saturated heterocycles. The quantitative estimate of drug-likeness (QED) is 0.575. The van der Waals surface area contributed by atoms with E-state index in [0.29, 0.717) is 22.5 Å². The predicted octanol–water partition coefficient (Wildman–Crippen LogP) is 2.27. The number of hydrogen-bond donors (Lipinski definition) is 1. The zero-order valence-corrected chi connectivity index (χ0v) is 14.4. The maximum absolute atomic E-state index is 12.5. The van der Waals surface area contributed by atoms with Crippen molar-refractivity contribution in [3.8, 4) is 5.75 Å². The minimum Gasteiger partial charge on any atom is -0.425 e. The van der Waals surface area contributed by atoms with Crippen LogP contribution in [0.4, 0.5) is 5.69 Å². The number of nitrogens with one attached hydrogen (secondary N) is 1. The fourth-order valence-corrected chi connectivity index (χ4v) is 2.61. The van der Waals surface area contributed by atoms with Crippen molar-refractivity contribution in [2.75, 3.05) is 5.32 Å². The largest absolute Gasteiger partial charge is 0.425 e. The second kappa shape index (κ2) is 7.18. The van der Waals surface area contributed by atoms with Gasteiger partial charge in [0, 0.05) is 18.0 Å². The normalized spacial score (nSPS) is 10.5. The van der Waals surface area contributed by atoms with E-state index in [4.69, 9.17) is 4.74 Å². The summed E-state index contributed by atoms with van der Waals surface area (Å²) in [4.78, 5) is 35.6. The summed E-state index contributed by atoms with van der Waals surface area (Å²) in [5.74, 6) is -0.483. The lowest BCUT2D eigenvalue weighted by Crippen LogP contribution is -2.29. The molecule has 0 fully saturated rings. The van der Waals surface area contributed by atoms with Crippen LogP contribution in [-0.2, 0) is 16.1 Å². The summed E-state index contributed by atoms with van der Waals surface area (Å²) in [6, 6.07) is 13.5. The van der Waals surface area contributed by atoms with E-state index in [1.165, 1.54) is 6.92 Å². The standard InChI is InChI=1S/C19H17N3O4/c1-12-16-5-3-4-6-17(16)19(25)22(21-12)11-18(24)26-15-9-7-14(8-10-15)20-13(2)23/h3-10H,11H2,1-2H3,(H,20,23). The molecule has 1 N–H and O–H groups in total. The first-order chi connectivity index (χ1) is 12.4. The van der Waals surface area contributed by atoms with Crippen molar-refractivity contribution < 1.29 is 14.3 Å². The predicted molar refractivity (Wildman–Crippen MR) is 97.1 cm³/mol. The first-order valence-electron chi connectivity index (χ1n) is 7.99. The molecule has 3 rings (SSSR count). The van der Waals surface area contributed by atoms with Crippen LogP contribution in [0.2, 0.25) is 0 Å². The number of amides is 1. The van der Waals surface area contributed by atoms with E-state index in [1.807, 2.05) is 12.1 Å². The van der Waals surface area contributed by atoms with Gasteiger partial charge in [-0.15, -0.1) is 0 Å². The molecule has 2 aromatic carbocycles. The van der Waals surface area contributed by atoms with Gasteiger partial charge in [-0.05, 0) is 37.3 Å². The van der Waals surface area contributed by atoms with E-state index < -0.39 is 5.97 Å². The van der Waals surface area contributed by atoms with Crippen molar-refractivity contribution in [2.24, 2.45) is 0 Å². The number of fused-ring (bicyclic) bond motifs is 1. The molecule has 7 heteroatoms. The Kier molecular flexibility index (Phi) is 4.79. The lowest BCUT2D eigenvalue weighted by atomic mass is 10.1. The van der Waals surface area contributed by atoms with Gasteiger partial charge in [0.05, 0.1) is 11.1 Å². The Morgan fingerprint density at radius 2 is 1.73 bits per heavy atom. The van der Waals surface area contributed by atoms with Gasteiger partial charge in [-0.1, -0.05) is 18.2 Å². The molecular formula is C19H17N3O4. The van der Waals surface area contributed by atoms with Gasteiger partial charge < -0.3 is 10.1 Å². The Bertz CT molecular complexity index is 1040. The first-order valence-corrected chi connectivity index (χ1v) is 7.99. The molecule has 0 atom stereocenters. The minimum absolute atomic E-state index is 0.188. The average Bonchev–Trinajstić information content (AvgIpc) is 2.61. The van der Waals surface area contributed by atoms with Crippen LogP contribution in [0.25, 0.3) is 10.8 Å². The van der Waals surface area contributed by atoms with Gasteiger partial charge in [0.25, 0.3) is 5.56 Å². The topological polar surface area (TPSA) is 90.3 Å². The molecule has 0 aliphatic rings. The smallest absolute Gasteiger partial charge is 0.333 e. The van der Waals surface area contributed by atoms with Crippen molar-refractivity contribution >= 4 is 28.3 Å². The van der Waals surface area contributed by atoms with E-state index in [-0.39, 0.29) is 18.0 Å². The number of ether oxygens (including phenoxy) is 1. The zero-order chi connectivity index (χ0) is 18.7. The lowest BCUT2D eigenvalue weighted by molar-refractivity contribution is -0.135. The average molecular weight is 351 g/mol. The number of esters is 1. The Morgan fingerprint density at radius 3 is 2.38 bits per heavy atom. The summed E-state index contributed by atoms with van der Waals surface area (Å²) < 4.78 is 6.34. The molecule has 7 nitrogen and oxygen atoms in total. The maximum atomic E-state index is 12.5. The molecular weight excluding hydrogens is 334 g/mol. The van der Waals surface area contributed by atoms with E-state index in [2.05, 4.69) is 10.4 Å². The van der Waals surface area contributed by atoms with Gasteiger partial charge in [-0.2, -0.15) is 5.10 Å². The Balaban J connectivity index is 1.76. The van der Waals surface area contributed by atoms with Gasteiger partial charge in [0.1, 0.15) is 12.3 Å². The first kappa shape index (κ1) is 17.3. The SMILES string of the molecule is CC(=O)Nc1ccc(OC(=O)Cn2nc(C)c3ccccc3c2=O)cc1. The van der Waals surface area contributed by atoms with Crippen LogP contribution < -0.4 is 15.6 Å². The zero-order valence-electron chi connectivity index (χ0n) is 14.4. The molecule has 0 aliphatic carbocycles. The highest BCUT2D eigenvalue weighted by Gasteiger charge is 2.12. The fourth-order valence-electron chi connectivity index (χ4n) is 2.61. The highest BCUT2D eigenvalue weighted by Crippen LogP contribution is 2.16. The van der Waals surface area contributed by atoms with Gasteiger partial charge in [-0.25, -0.2) is 9.48 Å². The van der Waals surface area contributed by atoms with E-state index in [0.717, 1.165) is 10.1 Å². The highest BCUT2D eigenvalue weighted by atomic mass is 16.5. The maximum Gasteiger partial charge on any atom is 0.333 e. The number of nitrogens with zero attached hydrogens (tertiary/aromatic N) is 2. The van der Waals surface area contributed by atoms with Crippen LogP contribution >= 0.6 is 0 Å². The third-order valence-corrected chi connectivity index (χ3v) is 3.74. The Morgan fingerprint density at radius 1 is 1.08 bits per heavy atom. The number of benzene rings is 2. The van der Waals surface area contributed by atoms with E-state index >= 15 is 0 Å². The highest BCUT2D eigenvalue weighted by molar-refractivity contribution is 5.88. The molecule has 1 amide bonds. The van der Waals surface area contributed by atoms with Crippen LogP contribution in [0.3, 0.4) is 0 Å². The molecule has 1 heterocycles. The van der Waals surface area contributed by atoms with Gasteiger partial charge in [0.15, 0.2) is 0 Å². The number of anilines is 1. The van der Waals surface area contributed by atoms with Crippen LogP contribution in [0, 0.1) is 6.92 Å². The van der Waals surface area contributed by atoms with E-state index in [1.54, 1.807) is 43.3 Å². The molecule has 0 radical (unpaired) electrons. The second-order valence-corrected chi connectivity index (χ2v) is 5.77. The van der Waals surface area contributed by atoms with Crippen LogP contribution in [0.15, 0.2) is 53.3 Å². The molecule has 0 unspecified atom stereocenters. The molecule has 0 aliphatic heterocycles. The monoisotopic (exact) mass is 351 g/mol. The molecule has 26 heavy (non-hydrogen) atoms. The summed E-state index contributed by atoms with van der Waals surface area (Å²) in [5.41, 5.74) is 0.914. The number of carbonyl (C=O) groups excluding carboxylic acids is 2. The van der Waals surface area contributed by atoms with Crippen molar-refractivity contribution in [1.82, 2.24) is 9.78 Å². The number of aryl methyl sites for hydroxylation is 1. The van der Waals surface area contributed by atoms with Crippen molar-refractivity contribution in [2.45, 2.75) is 20.4 Å². The number of carbonyl (C=O) groups is 2. The minimum atomic E-state index is -0.610. The molecule has 0 spiro atoms. The van der Waals surface area contributed by atoms with Crippen LogP contribution in [0.1, 0.15) is 12.6 Å². The van der Waals surface area contributed by atoms with Gasteiger partial charge in [0.2, 0.25) is 5.91 Å². The molecule has 132 valence electrons. The lowest BCUT2D eigenvalue weighted by Gasteiger charge is -2.09. The second-order valence-electron chi connectivity index (χ2n) is 5.77.